The fourth-order valence-electron chi connectivity index (χ4n) is 3.55. The first-order chi connectivity index (χ1) is 12.2. The molecule has 6 nitrogen and oxygen atoms in total. The van der Waals surface area contributed by atoms with Crippen molar-refractivity contribution in [2.75, 3.05) is 6.54 Å². The average Bonchev–Trinajstić information content (AvgIpc) is 3.06. The molecule has 1 aromatic carbocycles. The summed E-state index contributed by atoms with van der Waals surface area (Å²) < 4.78 is 1.81. The molecule has 1 amide bonds. The zero-order chi connectivity index (χ0) is 17.2. The van der Waals surface area contributed by atoms with Gasteiger partial charge in [-0.2, -0.15) is 5.10 Å². The van der Waals surface area contributed by atoms with Crippen molar-refractivity contribution in [2.24, 2.45) is 5.73 Å². The summed E-state index contributed by atoms with van der Waals surface area (Å²) in [5.74, 6) is -0.237. The van der Waals surface area contributed by atoms with Gasteiger partial charge in [0.15, 0.2) is 5.65 Å². The summed E-state index contributed by atoms with van der Waals surface area (Å²) in [4.78, 5) is 18.4. The third-order valence-corrected chi connectivity index (χ3v) is 4.82. The quantitative estimate of drug-likeness (QED) is 0.793. The van der Waals surface area contributed by atoms with E-state index in [1.807, 2.05) is 36.8 Å². The van der Waals surface area contributed by atoms with E-state index in [0.29, 0.717) is 6.54 Å². The Labute approximate surface area is 146 Å². The number of hydrogen-bond donors (Lipinski definition) is 1. The molecule has 1 fully saturated rings. The van der Waals surface area contributed by atoms with Gasteiger partial charge in [-0.15, -0.1) is 0 Å². The highest BCUT2D eigenvalue weighted by Crippen LogP contribution is 2.24. The van der Waals surface area contributed by atoms with Gasteiger partial charge >= 0.3 is 0 Å². The first-order valence-corrected chi connectivity index (χ1v) is 8.63. The minimum Gasteiger partial charge on any atom is -0.368 e. The molecule has 3 aromatic rings. The molecule has 1 saturated heterocycles. The highest BCUT2D eigenvalue weighted by molar-refractivity contribution is 5.80. The van der Waals surface area contributed by atoms with E-state index in [1.54, 1.807) is 4.52 Å². The van der Waals surface area contributed by atoms with Crippen molar-refractivity contribution in [2.45, 2.75) is 31.8 Å². The second-order valence-corrected chi connectivity index (χ2v) is 6.54. The van der Waals surface area contributed by atoms with Gasteiger partial charge in [0.05, 0.1) is 12.2 Å². The summed E-state index contributed by atoms with van der Waals surface area (Å²) >= 11 is 0. The summed E-state index contributed by atoms with van der Waals surface area (Å²) in [5, 5.41) is 4.45. The van der Waals surface area contributed by atoms with E-state index < -0.39 is 0 Å². The SMILES string of the molecule is NC(=O)[C@H]1CCCCN1Cc1cnc2c(-c3ccccc3)cnn2c1. The van der Waals surface area contributed by atoms with Gasteiger partial charge < -0.3 is 5.73 Å². The number of rotatable bonds is 4. The van der Waals surface area contributed by atoms with Crippen LogP contribution in [0.3, 0.4) is 0 Å². The number of carbonyl (C=O) groups is 1. The number of likely N-dealkylation sites (tertiary alicyclic amines) is 1. The number of hydrogen-bond acceptors (Lipinski definition) is 4. The van der Waals surface area contributed by atoms with E-state index in [9.17, 15) is 4.79 Å². The number of nitrogens with two attached hydrogens (primary N) is 1. The molecule has 0 saturated carbocycles. The van der Waals surface area contributed by atoms with Crippen LogP contribution in [-0.2, 0) is 11.3 Å². The lowest BCUT2D eigenvalue weighted by atomic mass is 10.0. The maximum absolute atomic E-state index is 11.7. The lowest BCUT2D eigenvalue weighted by molar-refractivity contribution is -0.124. The largest absolute Gasteiger partial charge is 0.368 e. The molecular formula is C19H21N5O. The first kappa shape index (κ1) is 15.8. The molecule has 6 heteroatoms. The summed E-state index contributed by atoms with van der Waals surface area (Å²) in [6.45, 7) is 1.55. The molecule has 4 rings (SSSR count). The van der Waals surface area contributed by atoms with E-state index in [4.69, 9.17) is 5.73 Å². The Morgan fingerprint density at radius 2 is 2.04 bits per heavy atom. The molecule has 1 aliphatic heterocycles. The number of piperidine rings is 1. The zero-order valence-electron chi connectivity index (χ0n) is 14.0. The lowest BCUT2D eigenvalue weighted by Gasteiger charge is -2.33. The van der Waals surface area contributed by atoms with Gasteiger partial charge in [-0.3, -0.25) is 9.69 Å². The fourth-order valence-corrected chi connectivity index (χ4v) is 3.55. The van der Waals surface area contributed by atoms with Crippen molar-refractivity contribution in [3.8, 4) is 11.1 Å². The number of amides is 1. The molecule has 2 aromatic heterocycles. The Morgan fingerprint density at radius 1 is 1.20 bits per heavy atom. The van der Waals surface area contributed by atoms with Gasteiger partial charge in [-0.1, -0.05) is 36.8 Å². The van der Waals surface area contributed by atoms with Crippen LogP contribution in [0, 0.1) is 0 Å². The minimum atomic E-state index is -0.237. The number of aromatic nitrogens is 3. The fraction of sp³-hybridized carbons (Fsp3) is 0.316. The Bertz CT molecular complexity index is 889. The Balaban J connectivity index is 1.61. The molecule has 1 aliphatic rings. The van der Waals surface area contributed by atoms with Crippen LogP contribution in [0.2, 0.25) is 0 Å². The average molecular weight is 335 g/mol. The minimum absolute atomic E-state index is 0.179. The van der Waals surface area contributed by atoms with E-state index in [1.165, 1.54) is 0 Å². The van der Waals surface area contributed by atoms with Gasteiger partial charge in [-0.05, 0) is 24.9 Å². The van der Waals surface area contributed by atoms with E-state index >= 15 is 0 Å². The van der Waals surface area contributed by atoms with E-state index in [-0.39, 0.29) is 11.9 Å². The van der Waals surface area contributed by atoms with Gasteiger partial charge in [0, 0.05) is 30.1 Å². The zero-order valence-corrected chi connectivity index (χ0v) is 14.0. The molecule has 0 aliphatic carbocycles. The standard InChI is InChI=1S/C19H21N5O/c20-18(25)17-8-4-5-9-23(17)12-14-10-21-19-16(11-22-24(19)13-14)15-6-2-1-3-7-15/h1-3,6-7,10-11,13,17H,4-5,8-9,12H2,(H2,20,25)/t17-/m1/s1. The Morgan fingerprint density at radius 3 is 2.84 bits per heavy atom. The molecule has 0 bridgehead atoms. The maximum Gasteiger partial charge on any atom is 0.234 e. The molecule has 25 heavy (non-hydrogen) atoms. The predicted octanol–water partition coefficient (Wildman–Crippen LogP) is 2.24. The third kappa shape index (κ3) is 3.13. The lowest BCUT2D eigenvalue weighted by Crippen LogP contribution is -2.47. The summed E-state index contributed by atoms with van der Waals surface area (Å²) in [7, 11) is 0. The van der Waals surface area contributed by atoms with Crippen molar-refractivity contribution >= 4 is 11.6 Å². The van der Waals surface area contributed by atoms with Gasteiger partial charge in [0.1, 0.15) is 0 Å². The molecule has 0 unspecified atom stereocenters. The topological polar surface area (TPSA) is 76.5 Å². The van der Waals surface area contributed by atoms with Crippen LogP contribution in [0.15, 0.2) is 48.9 Å². The first-order valence-electron chi connectivity index (χ1n) is 8.63. The van der Waals surface area contributed by atoms with Crippen LogP contribution < -0.4 is 5.73 Å². The summed E-state index contributed by atoms with van der Waals surface area (Å²) in [6.07, 6.45) is 8.69. The smallest absolute Gasteiger partial charge is 0.234 e. The second kappa shape index (κ2) is 6.64. The number of fused-ring (bicyclic) bond motifs is 1. The van der Waals surface area contributed by atoms with E-state index in [2.05, 4.69) is 27.1 Å². The van der Waals surface area contributed by atoms with Crippen molar-refractivity contribution in [1.29, 1.82) is 0 Å². The predicted molar refractivity (Wildman–Crippen MR) is 95.7 cm³/mol. The van der Waals surface area contributed by atoms with Gasteiger partial charge in [0.2, 0.25) is 5.91 Å². The van der Waals surface area contributed by atoms with Crippen LogP contribution in [0.4, 0.5) is 0 Å². The molecule has 128 valence electrons. The van der Waals surface area contributed by atoms with E-state index in [0.717, 1.165) is 48.1 Å². The Hall–Kier alpha value is -2.73. The monoisotopic (exact) mass is 335 g/mol. The Kier molecular flexibility index (Phi) is 4.19. The van der Waals surface area contributed by atoms with Gasteiger partial charge in [0.25, 0.3) is 0 Å². The highest BCUT2D eigenvalue weighted by atomic mass is 16.1. The normalized spacial score (nSPS) is 18.5. The van der Waals surface area contributed by atoms with Crippen LogP contribution in [0.5, 0.6) is 0 Å². The second-order valence-electron chi connectivity index (χ2n) is 6.54. The van der Waals surface area contributed by atoms with Crippen LogP contribution >= 0.6 is 0 Å². The molecule has 0 spiro atoms. The number of primary amides is 1. The van der Waals surface area contributed by atoms with Crippen molar-refractivity contribution < 1.29 is 4.79 Å². The van der Waals surface area contributed by atoms with Crippen molar-refractivity contribution in [3.05, 3.63) is 54.5 Å². The van der Waals surface area contributed by atoms with Crippen LogP contribution in [0.1, 0.15) is 24.8 Å². The molecular weight excluding hydrogens is 314 g/mol. The number of carbonyl (C=O) groups excluding carboxylic acids is 1. The van der Waals surface area contributed by atoms with Crippen molar-refractivity contribution in [3.63, 3.8) is 0 Å². The third-order valence-electron chi connectivity index (χ3n) is 4.82. The maximum atomic E-state index is 11.7. The highest BCUT2D eigenvalue weighted by Gasteiger charge is 2.27. The molecule has 1 atom stereocenters. The van der Waals surface area contributed by atoms with Crippen molar-refractivity contribution in [1.82, 2.24) is 19.5 Å². The molecule has 3 heterocycles. The number of benzene rings is 1. The van der Waals surface area contributed by atoms with Gasteiger partial charge in [-0.25, -0.2) is 9.50 Å². The molecule has 0 radical (unpaired) electrons. The molecule has 2 N–H and O–H groups in total. The summed E-state index contributed by atoms with van der Waals surface area (Å²) in [6, 6.07) is 9.94. The summed E-state index contributed by atoms with van der Waals surface area (Å²) in [5.41, 5.74) is 9.53. The van der Waals surface area contributed by atoms with Crippen LogP contribution in [0.25, 0.3) is 16.8 Å². The number of nitrogens with zero attached hydrogens (tertiary/aromatic N) is 4. The van der Waals surface area contributed by atoms with Crippen LogP contribution in [-0.4, -0.2) is 38.0 Å².